The van der Waals surface area contributed by atoms with E-state index in [0.717, 1.165) is 27.6 Å². The molecule has 0 aliphatic rings. The highest BCUT2D eigenvalue weighted by molar-refractivity contribution is 5.93. The fraction of sp³-hybridized carbons (Fsp3) is 0.471. The molecule has 0 radical (unpaired) electrons. The number of ether oxygens (including phenoxy) is 2. The monoisotopic (exact) mass is 640 g/mol. The van der Waals surface area contributed by atoms with Crippen LogP contribution in [0.3, 0.4) is 0 Å². The lowest BCUT2D eigenvalue weighted by Crippen LogP contribution is -2.34. The maximum absolute atomic E-state index is 14.4. The Morgan fingerprint density at radius 2 is 1.72 bits per heavy atom. The van der Waals surface area contributed by atoms with Gasteiger partial charge in [-0.1, -0.05) is 27.7 Å². The van der Waals surface area contributed by atoms with E-state index in [2.05, 4.69) is 10.1 Å². The first-order valence-corrected chi connectivity index (χ1v) is 15.5. The van der Waals surface area contributed by atoms with Crippen LogP contribution in [0.15, 0.2) is 42.7 Å². The summed E-state index contributed by atoms with van der Waals surface area (Å²) in [6.07, 6.45) is 3.52. The molecule has 4 rings (SSSR count). The van der Waals surface area contributed by atoms with Crippen LogP contribution in [-0.2, 0) is 29.6 Å². The molecular formula is C34H49FN6O5. The molecule has 2 amide bonds. The summed E-state index contributed by atoms with van der Waals surface area (Å²) < 4.78 is 29.4. The third-order valence-electron chi connectivity index (χ3n) is 6.77. The predicted octanol–water partition coefficient (Wildman–Crippen LogP) is 6.86. The van der Waals surface area contributed by atoms with E-state index < -0.39 is 17.5 Å². The Balaban J connectivity index is 0.00000177. The number of hydrogen-bond donors (Lipinski definition) is 0. The second kappa shape index (κ2) is 16.7. The summed E-state index contributed by atoms with van der Waals surface area (Å²) in [6, 6.07) is 8.10. The Bertz CT molecular complexity index is 1610. The molecule has 0 aliphatic heterocycles. The maximum Gasteiger partial charge on any atom is 0.410 e. The summed E-state index contributed by atoms with van der Waals surface area (Å²) in [6.45, 7) is 15.8. The summed E-state index contributed by atoms with van der Waals surface area (Å²) in [5.41, 5.74) is 4.13. The number of carbonyl (C=O) groups is 2. The highest BCUT2D eigenvalue weighted by Crippen LogP contribution is 2.32. The fourth-order valence-corrected chi connectivity index (χ4v) is 4.43. The number of fused-ring (bicyclic) bond motifs is 1. The van der Waals surface area contributed by atoms with Crippen LogP contribution in [0.1, 0.15) is 75.9 Å². The Hall–Kier alpha value is -4.45. The standard InChI is InChI=1S/C30H37FN6O5.2C2H6/c1-19-23(27(33-35(19)6)28(38)36(7)40-8)13-14-41-25-15-21(31)10-11-24(25)20-9-12-26-32-16-22(37(26)17-20)18-34(5)29(39)42-30(2,3)4;2*1-2/h9-12,15-17H,13-14,18H2,1-8H3;2*1-2H3. The van der Waals surface area contributed by atoms with E-state index >= 15 is 0 Å². The van der Waals surface area contributed by atoms with Gasteiger partial charge < -0.3 is 18.8 Å². The predicted molar refractivity (Wildman–Crippen MR) is 177 cm³/mol. The molecule has 46 heavy (non-hydrogen) atoms. The number of aromatic nitrogens is 4. The topological polar surface area (TPSA) is 103 Å². The number of amides is 2. The number of aryl methyl sites for hydroxylation is 1. The van der Waals surface area contributed by atoms with Gasteiger partial charge in [-0.25, -0.2) is 19.2 Å². The van der Waals surface area contributed by atoms with Gasteiger partial charge in [-0.2, -0.15) is 5.10 Å². The molecule has 3 heterocycles. The summed E-state index contributed by atoms with van der Waals surface area (Å²) in [5, 5.41) is 5.47. The van der Waals surface area contributed by atoms with Crippen molar-refractivity contribution < 1.29 is 28.3 Å². The van der Waals surface area contributed by atoms with Crippen molar-refractivity contribution in [2.45, 2.75) is 74.0 Å². The zero-order valence-corrected chi connectivity index (χ0v) is 29.3. The van der Waals surface area contributed by atoms with Crippen molar-refractivity contribution in [2.75, 3.05) is 27.8 Å². The van der Waals surface area contributed by atoms with Crippen LogP contribution < -0.4 is 4.74 Å². The van der Waals surface area contributed by atoms with E-state index in [4.69, 9.17) is 14.3 Å². The molecule has 0 bridgehead atoms. The van der Waals surface area contributed by atoms with Crippen molar-refractivity contribution in [1.29, 1.82) is 0 Å². The summed E-state index contributed by atoms with van der Waals surface area (Å²) >= 11 is 0. The van der Waals surface area contributed by atoms with Gasteiger partial charge in [-0.15, -0.1) is 0 Å². The fourth-order valence-electron chi connectivity index (χ4n) is 4.43. The molecule has 11 nitrogen and oxygen atoms in total. The average molecular weight is 641 g/mol. The van der Waals surface area contributed by atoms with Gasteiger partial charge >= 0.3 is 6.09 Å². The quantitative estimate of drug-likeness (QED) is 0.184. The molecule has 1 aromatic carbocycles. The van der Waals surface area contributed by atoms with Crippen LogP contribution in [0, 0.1) is 12.7 Å². The Labute approximate surface area is 271 Å². The summed E-state index contributed by atoms with van der Waals surface area (Å²) in [7, 11) is 6.36. The summed E-state index contributed by atoms with van der Waals surface area (Å²) in [5.74, 6) is -0.456. The normalized spacial score (nSPS) is 10.8. The zero-order chi connectivity index (χ0) is 34.8. The number of benzene rings is 1. The van der Waals surface area contributed by atoms with Gasteiger partial charge in [0.2, 0.25) is 0 Å². The Morgan fingerprint density at radius 3 is 2.35 bits per heavy atom. The molecule has 4 aromatic rings. The van der Waals surface area contributed by atoms with Gasteiger partial charge in [0, 0.05) is 62.2 Å². The first-order valence-electron chi connectivity index (χ1n) is 15.5. The Morgan fingerprint density at radius 1 is 1.04 bits per heavy atom. The highest BCUT2D eigenvalue weighted by atomic mass is 19.1. The van der Waals surface area contributed by atoms with Crippen molar-refractivity contribution in [1.82, 2.24) is 29.1 Å². The van der Waals surface area contributed by atoms with Crippen LogP contribution in [0.5, 0.6) is 5.75 Å². The summed E-state index contributed by atoms with van der Waals surface area (Å²) in [4.78, 5) is 36.2. The van der Waals surface area contributed by atoms with E-state index in [1.54, 1.807) is 31.0 Å². The van der Waals surface area contributed by atoms with Crippen molar-refractivity contribution in [3.63, 3.8) is 0 Å². The lowest BCUT2D eigenvalue weighted by Gasteiger charge is -2.24. The van der Waals surface area contributed by atoms with Gasteiger partial charge in [-0.3, -0.25) is 14.3 Å². The number of carbonyl (C=O) groups excluding carboxylic acids is 2. The molecule has 0 unspecified atom stereocenters. The average Bonchev–Trinajstić information content (AvgIpc) is 3.56. The molecule has 0 fully saturated rings. The minimum absolute atomic E-state index is 0.180. The first kappa shape index (κ1) is 37.7. The smallest absolute Gasteiger partial charge is 0.410 e. The van der Waals surface area contributed by atoms with Gasteiger partial charge in [0.1, 0.15) is 22.8 Å². The van der Waals surface area contributed by atoms with Crippen molar-refractivity contribution in [3.05, 3.63) is 71.2 Å². The minimum atomic E-state index is -0.607. The molecule has 3 aromatic heterocycles. The van der Waals surface area contributed by atoms with Crippen molar-refractivity contribution >= 4 is 17.6 Å². The number of hydroxylamine groups is 2. The van der Waals surface area contributed by atoms with Crippen molar-refractivity contribution in [2.24, 2.45) is 7.05 Å². The second-order valence-corrected chi connectivity index (χ2v) is 11.0. The lowest BCUT2D eigenvalue weighted by molar-refractivity contribution is -0.0761. The molecule has 0 N–H and O–H groups in total. The second-order valence-electron chi connectivity index (χ2n) is 11.0. The lowest BCUT2D eigenvalue weighted by atomic mass is 10.1. The van der Waals surface area contributed by atoms with Crippen LogP contribution >= 0.6 is 0 Å². The van der Waals surface area contributed by atoms with Gasteiger partial charge in [0.05, 0.1) is 32.2 Å². The molecule has 12 heteroatoms. The van der Waals surface area contributed by atoms with Crippen LogP contribution in [0.25, 0.3) is 16.8 Å². The third kappa shape index (κ3) is 9.29. The molecule has 0 aliphatic carbocycles. The zero-order valence-electron chi connectivity index (χ0n) is 29.3. The van der Waals surface area contributed by atoms with Gasteiger partial charge in [0.15, 0.2) is 5.69 Å². The number of nitrogens with zero attached hydrogens (tertiary/aromatic N) is 6. The molecule has 0 spiro atoms. The minimum Gasteiger partial charge on any atom is -0.492 e. The van der Waals surface area contributed by atoms with Crippen LogP contribution in [-0.4, -0.2) is 74.5 Å². The van der Waals surface area contributed by atoms with Gasteiger partial charge in [0.25, 0.3) is 5.91 Å². The van der Waals surface area contributed by atoms with Gasteiger partial charge in [-0.05, 0) is 52.0 Å². The largest absolute Gasteiger partial charge is 0.492 e. The Kier molecular flexibility index (Phi) is 13.7. The molecule has 0 saturated heterocycles. The third-order valence-corrected chi connectivity index (χ3v) is 6.77. The SMILES string of the molecule is CC.CC.CON(C)C(=O)c1nn(C)c(C)c1CCOc1cc(F)ccc1-c1ccc2ncc(CN(C)C(=O)OC(C)(C)C)n2c1. The van der Waals surface area contributed by atoms with Crippen LogP contribution in [0.2, 0.25) is 0 Å². The number of imidazole rings is 1. The van der Waals surface area contributed by atoms with E-state index in [1.165, 1.54) is 31.2 Å². The highest BCUT2D eigenvalue weighted by Gasteiger charge is 2.23. The van der Waals surface area contributed by atoms with E-state index in [1.807, 2.05) is 78.1 Å². The molecule has 0 atom stereocenters. The van der Waals surface area contributed by atoms with Crippen molar-refractivity contribution in [3.8, 4) is 16.9 Å². The van der Waals surface area contributed by atoms with E-state index in [-0.39, 0.29) is 24.8 Å². The maximum atomic E-state index is 14.4. The number of hydrogen-bond acceptors (Lipinski definition) is 7. The van der Waals surface area contributed by atoms with Crippen LogP contribution in [0.4, 0.5) is 9.18 Å². The molecule has 0 saturated carbocycles. The number of pyridine rings is 1. The number of halogens is 1. The number of rotatable bonds is 9. The van der Waals surface area contributed by atoms with E-state index in [0.29, 0.717) is 23.4 Å². The molecule has 252 valence electrons. The first-order chi connectivity index (χ1) is 21.8. The molecular weight excluding hydrogens is 591 g/mol. The van der Waals surface area contributed by atoms with E-state index in [9.17, 15) is 14.0 Å².